The molecular formula is C20H22ClN5O2. The van der Waals surface area contributed by atoms with Gasteiger partial charge in [0.05, 0.1) is 5.69 Å². The summed E-state index contributed by atoms with van der Waals surface area (Å²) >= 11 is 6.11. The molecule has 0 saturated heterocycles. The quantitative estimate of drug-likeness (QED) is 0.666. The van der Waals surface area contributed by atoms with E-state index in [0.717, 1.165) is 22.5 Å². The van der Waals surface area contributed by atoms with Gasteiger partial charge in [-0.2, -0.15) is 5.10 Å². The van der Waals surface area contributed by atoms with Gasteiger partial charge in [0.1, 0.15) is 0 Å². The van der Waals surface area contributed by atoms with Crippen molar-refractivity contribution in [2.24, 2.45) is 0 Å². The number of aryl methyl sites for hydroxylation is 2. The first-order chi connectivity index (χ1) is 13.3. The van der Waals surface area contributed by atoms with Crippen molar-refractivity contribution in [1.82, 2.24) is 25.1 Å². The Hall–Kier alpha value is -2.93. The van der Waals surface area contributed by atoms with E-state index in [0.29, 0.717) is 36.1 Å². The molecule has 0 spiro atoms. The van der Waals surface area contributed by atoms with Crippen LogP contribution in [0.15, 0.2) is 35.1 Å². The zero-order valence-corrected chi connectivity index (χ0v) is 16.8. The molecule has 2 heterocycles. The molecule has 1 aromatic carbocycles. The number of nitrogens with zero attached hydrogens (tertiary/aromatic N) is 3. The first kappa shape index (κ1) is 19.8. The molecule has 3 aromatic rings. The van der Waals surface area contributed by atoms with E-state index < -0.39 is 0 Å². The predicted octanol–water partition coefficient (Wildman–Crippen LogP) is 2.78. The number of rotatable bonds is 6. The van der Waals surface area contributed by atoms with Crippen LogP contribution in [0, 0.1) is 20.8 Å². The molecule has 8 heteroatoms. The van der Waals surface area contributed by atoms with Crippen LogP contribution in [-0.4, -0.2) is 25.7 Å². The third kappa shape index (κ3) is 4.48. The largest absolute Gasteiger partial charge is 0.352 e. The van der Waals surface area contributed by atoms with Crippen LogP contribution in [0.5, 0.6) is 0 Å². The number of nitrogens with one attached hydrogen (secondary N) is 2. The highest BCUT2D eigenvalue weighted by Gasteiger charge is 2.16. The van der Waals surface area contributed by atoms with E-state index in [1.807, 2.05) is 32.0 Å². The number of aromatic amines is 1. The van der Waals surface area contributed by atoms with Crippen molar-refractivity contribution in [3.63, 3.8) is 0 Å². The van der Waals surface area contributed by atoms with E-state index in [1.54, 1.807) is 17.7 Å². The second-order valence-electron chi connectivity index (χ2n) is 6.64. The van der Waals surface area contributed by atoms with Gasteiger partial charge in [-0.25, -0.2) is 9.67 Å². The van der Waals surface area contributed by atoms with Crippen molar-refractivity contribution < 1.29 is 4.79 Å². The molecule has 7 nitrogen and oxygen atoms in total. The summed E-state index contributed by atoms with van der Waals surface area (Å²) in [6.07, 6.45) is 0.873. The summed E-state index contributed by atoms with van der Waals surface area (Å²) in [6, 6.07) is 8.86. The lowest BCUT2D eigenvalue weighted by Gasteiger charge is -2.08. The van der Waals surface area contributed by atoms with Crippen LogP contribution in [0.2, 0.25) is 5.02 Å². The van der Waals surface area contributed by atoms with Crippen LogP contribution < -0.4 is 10.9 Å². The van der Waals surface area contributed by atoms with E-state index in [2.05, 4.69) is 20.4 Å². The van der Waals surface area contributed by atoms with E-state index in [1.165, 1.54) is 6.07 Å². The molecule has 1 amide bonds. The van der Waals surface area contributed by atoms with E-state index in [4.69, 9.17) is 11.6 Å². The van der Waals surface area contributed by atoms with Gasteiger partial charge in [0.2, 0.25) is 11.9 Å². The molecule has 0 radical (unpaired) electrons. The summed E-state index contributed by atoms with van der Waals surface area (Å²) in [4.78, 5) is 31.0. The van der Waals surface area contributed by atoms with Crippen LogP contribution in [0.3, 0.4) is 0 Å². The second-order valence-corrected chi connectivity index (χ2v) is 7.05. The number of aromatic nitrogens is 4. The summed E-state index contributed by atoms with van der Waals surface area (Å²) in [7, 11) is 0. The predicted molar refractivity (Wildman–Crippen MR) is 108 cm³/mol. The van der Waals surface area contributed by atoms with Gasteiger partial charge in [0.25, 0.3) is 5.56 Å². The molecule has 2 N–H and O–H groups in total. The topological polar surface area (TPSA) is 92.7 Å². The summed E-state index contributed by atoms with van der Waals surface area (Å²) in [5, 5.41) is 8.01. The highest BCUT2D eigenvalue weighted by molar-refractivity contribution is 6.31. The van der Waals surface area contributed by atoms with Crippen LogP contribution in [0.25, 0.3) is 5.95 Å². The average Bonchev–Trinajstić information content (AvgIpc) is 2.92. The zero-order chi connectivity index (χ0) is 20.3. The molecule has 146 valence electrons. The summed E-state index contributed by atoms with van der Waals surface area (Å²) in [6.45, 7) is 5.94. The van der Waals surface area contributed by atoms with Crippen molar-refractivity contribution in [3.05, 3.63) is 73.9 Å². The van der Waals surface area contributed by atoms with Crippen LogP contribution in [0.4, 0.5) is 0 Å². The number of hydrogen-bond acceptors (Lipinski definition) is 4. The Morgan fingerprint density at radius 2 is 2.00 bits per heavy atom. The van der Waals surface area contributed by atoms with Gasteiger partial charge in [-0.1, -0.05) is 29.8 Å². The molecule has 0 saturated carbocycles. The third-order valence-corrected chi connectivity index (χ3v) is 4.90. The first-order valence-electron chi connectivity index (χ1n) is 8.98. The molecule has 0 fully saturated rings. The molecule has 0 atom stereocenters. The monoisotopic (exact) mass is 399 g/mol. The van der Waals surface area contributed by atoms with Crippen LogP contribution in [0.1, 0.15) is 34.6 Å². The minimum atomic E-state index is -0.226. The van der Waals surface area contributed by atoms with Gasteiger partial charge in [-0.3, -0.25) is 14.6 Å². The minimum Gasteiger partial charge on any atom is -0.352 e. The lowest BCUT2D eigenvalue weighted by atomic mass is 10.1. The Labute approximate surface area is 167 Å². The highest BCUT2D eigenvalue weighted by atomic mass is 35.5. The smallest absolute Gasteiger partial charge is 0.252 e. The minimum absolute atomic E-state index is 0.0615. The SMILES string of the molecule is Cc1cc(=O)[nH]c(-n2nc(C)c(CCC(=O)NCc3ccccc3Cl)c2C)n1. The number of benzene rings is 1. The molecule has 0 aliphatic carbocycles. The average molecular weight is 400 g/mol. The van der Waals surface area contributed by atoms with Gasteiger partial charge in [-0.05, 0) is 44.4 Å². The van der Waals surface area contributed by atoms with Crippen LogP contribution >= 0.6 is 11.6 Å². The van der Waals surface area contributed by atoms with Gasteiger partial charge < -0.3 is 5.32 Å². The molecule has 0 bridgehead atoms. The van der Waals surface area contributed by atoms with Crippen molar-refractivity contribution in [2.75, 3.05) is 0 Å². The third-order valence-electron chi connectivity index (χ3n) is 4.53. The zero-order valence-electron chi connectivity index (χ0n) is 16.0. The fourth-order valence-corrected chi connectivity index (χ4v) is 3.27. The number of hydrogen-bond donors (Lipinski definition) is 2. The number of halogens is 1. The molecule has 2 aromatic heterocycles. The lowest BCUT2D eigenvalue weighted by molar-refractivity contribution is -0.121. The number of carbonyl (C=O) groups is 1. The van der Waals surface area contributed by atoms with Gasteiger partial charge in [0, 0.05) is 35.4 Å². The fourth-order valence-electron chi connectivity index (χ4n) is 3.07. The normalized spacial score (nSPS) is 10.9. The van der Waals surface area contributed by atoms with Crippen molar-refractivity contribution in [1.29, 1.82) is 0 Å². The Bertz CT molecular complexity index is 1070. The molecule has 0 unspecified atom stereocenters. The molecule has 0 aliphatic heterocycles. The maximum atomic E-state index is 12.2. The fraction of sp³-hybridized carbons (Fsp3) is 0.300. The summed E-state index contributed by atoms with van der Waals surface area (Å²) in [5.74, 6) is 0.313. The highest BCUT2D eigenvalue weighted by Crippen LogP contribution is 2.18. The maximum Gasteiger partial charge on any atom is 0.252 e. The Kier molecular flexibility index (Phi) is 5.94. The van der Waals surface area contributed by atoms with Crippen LogP contribution in [-0.2, 0) is 17.8 Å². The maximum absolute atomic E-state index is 12.2. The van der Waals surface area contributed by atoms with E-state index >= 15 is 0 Å². The molecular weight excluding hydrogens is 378 g/mol. The van der Waals surface area contributed by atoms with Gasteiger partial charge in [-0.15, -0.1) is 0 Å². The number of H-pyrrole nitrogens is 1. The van der Waals surface area contributed by atoms with Gasteiger partial charge in [0.15, 0.2) is 0 Å². The summed E-state index contributed by atoms with van der Waals surface area (Å²) in [5.41, 5.74) is 3.90. The molecule has 28 heavy (non-hydrogen) atoms. The van der Waals surface area contributed by atoms with E-state index in [-0.39, 0.29) is 11.5 Å². The Morgan fingerprint density at radius 3 is 2.71 bits per heavy atom. The first-order valence-corrected chi connectivity index (χ1v) is 9.36. The van der Waals surface area contributed by atoms with E-state index in [9.17, 15) is 9.59 Å². The Balaban J connectivity index is 1.68. The number of carbonyl (C=O) groups excluding carboxylic acids is 1. The Morgan fingerprint density at radius 1 is 1.25 bits per heavy atom. The van der Waals surface area contributed by atoms with Gasteiger partial charge >= 0.3 is 0 Å². The second kappa shape index (κ2) is 8.39. The van der Waals surface area contributed by atoms with Crippen molar-refractivity contribution in [2.45, 2.75) is 40.2 Å². The molecule has 0 aliphatic rings. The standard InChI is InChI=1S/C20H22ClN5O2/c1-12-10-19(28)24-20(23-12)26-14(3)16(13(2)25-26)8-9-18(27)22-11-15-6-4-5-7-17(15)21/h4-7,10H,8-9,11H2,1-3H3,(H,22,27)(H,23,24,28). The van der Waals surface area contributed by atoms with Crippen molar-refractivity contribution in [3.8, 4) is 5.95 Å². The molecule has 3 rings (SSSR count). The summed E-state index contributed by atoms with van der Waals surface area (Å²) < 4.78 is 1.61. The van der Waals surface area contributed by atoms with Crippen molar-refractivity contribution >= 4 is 17.5 Å². The lowest BCUT2D eigenvalue weighted by Crippen LogP contribution is -2.23. The number of amides is 1.